The summed E-state index contributed by atoms with van der Waals surface area (Å²) in [5.41, 5.74) is 3.17. The van der Waals surface area contributed by atoms with Gasteiger partial charge >= 0.3 is 0 Å². The number of hydrogen-bond acceptors (Lipinski definition) is 5. The number of benzene rings is 1. The predicted molar refractivity (Wildman–Crippen MR) is 84.6 cm³/mol. The summed E-state index contributed by atoms with van der Waals surface area (Å²) in [6, 6.07) is 6.11. The molecule has 0 saturated carbocycles. The maximum Gasteiger partial charge on any atom is 0.231 e. The van der Waals surface area contributed by atoms with Gasteiger partial charge in [0.25, 0.3) is 0 Å². The molecule has 0 spiro atoms. The zero-order valence-electron chi connectivity index (χ0n) is 13.1. The van der Waals surface area contributed by atoms with Crippen LogP contribution in [0.3, 0.4) is 0 Å². The summed E-state index contributed by atoms with van der Waals surface area (Å²) >= 11 is 0. The molecule has 0 aliphatic carbocycles. The van der Waals surface area contributed by atoms with Gasteiger partial charge in [0, 0.05) is 24.2 Å². The lowest BCUT2D eigenvalue weighted by Crippen LogP contribution is -2.43. The van der Waals surface area contributed by atoms with Gasteiger partial charge in [-0.15, -0.1) is 0 Å². The first-order valence-electron chi connectivity index (χ1n) is 8.28. The fraction of sp³-hybridized carbons (Fsp3) is 0.389. The van der Waals surface area contributed by atoms with Crippen molar-refractivity contribution in [2.24, 2.45) is 0 Å². The summed E-state index contributed by atoms with van der Waals surface area (Å²) in [6.07, 6.45) is 6.72. The van der Waals surface area contributed by atoms with Gasteiger partial charge in [0.1, 0.15) is 6.33 Å². The van der Waals surface area contributed by atoms with Gasteiger partial charge in [-0.05, 0) is 30.5 Å². The van der Waals surface area contributed by atoms with Crippen molar-refractivity contribution < 1.29 is 14.3 Å². The molecule has 2 bridgehead atoms. The molecule has 2 aromatic rings. The van der Waals surface area contributed by atoms with Crippen LogP contribution in [0.15, 0.2) is 30.7 Å². The molecule has 1 amide bonds. The molecule has 2 atom stereocenters. The van der Waals surface area contributed by atoms with Crippen LogP contribution in [0.5, 0.6) is 11.5 Å². The molecule has 5 rings (SSSR count). The summed E-state index contributed by atoms with van der Waals surface area (Å²) < 4.78 is 10.7. The van der Waals surface area contributed by atoms with E-state index in [-0.39, 0.29) is 24.8 Å². The zero-order chi connectivity index (χ0) is 16.1. The number of carbonyl (C=O) groups excluding carboxylic acids is 1. The predicted octanol–water partition coefficient (Wildman–Crippen LogP) is 2.04. The van der Waals surface area contributed by atoms with E-state index in [4.69, 9.17) is 9.47 Å². The Hall–Kier alpha value is -2.63. The van der Waals surface area contributed by atoms with Crippen LogP contribution >= 0.6 is 0 Å². The Bertz CT molecular complexity index is 823. The molecule has 2 unspecified atom stereocenters. The summed E-state index contributed by atoms with van der Waals surface area (Å²) in [5, 5.41) is 0. The van der Waals surface area contributed by atoms with Crippen LogP contribution in [-0.2, 0) is 17.6 Å². The normalized spacial score (nSPS) is 23.2. The first-order valence-corrected chi connectivity index (χ1v) is 8.28. The lowest BCUT2D eigenvalue weighted by atomic mass is 9.98. The smallest absolute Gasteiger partial charge is 0.231 e. The number of ether oxygens (including phenoxy) is 2. The highest BCUT2D eigenvalue weighted by molar-refractivity contribution is 5.80. The molecule has 1 aromatic heterocycles. The molecule has 4 heterocycles. The molecule has 122 valence electrons. The number of aromatic nitrogens is 2. The fourth-order valence-electron chi connectivity index (χ4n) is 4.12. The quantitative estimate of drug-likeness (QED) is 0.846. The third kappa shape index (κ3) is 2.06. The van der Waals surface area contributed by atoms with Crippen LogP contribution in [0.2, 0.25) is 0 Å². The highest BCUT2D eigenvalue weighted by atomic mass is 16.7. The molecular weight excluding hydrogens is 306 g/mol. The van der Waals surface area contributed by atoms with Gasteiger partial charge in [0.05, 0.1) is 18.2 Å². The maximum atomic E-state index is 13.0. The minimum absolute atomic E-state index is 0.126. The van der Waals surface area contributed by atoms with Crippen molar-refractivity contribution in [1.29, 1.82) is 0 Å². The van der Waals surface area contributed by atoms with E-state index in [0.717, 1.165) is 47.6 Å². The number of amides is 1. The lowest BCUT2D eigenvalue weighted by Gasteiger charge is -2.35. The van der Waals surface area contributed by atoms with Gasteiger partial charge in [-0.25, -0.2) is 9.97 Å². The van der Waals surface area contributed by atoms with Gasteiger partial charge in [-0.2, -0.15) is 0 Å². The SMILES string of the molecule is O=C(Cc1ccc2c(c1)OCO2)N1C2CCC1c1cncnc1C2. The Morgan fingerprint density at radius 2 is 2.17 bits per heavy atom. The second-order valence-electron chi connectivity index (χ2n) is 6.54. The molecule has 0 N–H and O–H groups in total. The highest BCUT2D eigenvalue weighted by Gasteiger charge is 2.42. The molecule has 6 nitrogen and oxygen atoms in total. The van der Waals surface area contributed by atoms with E-state index in [2.05, 4.69) is 14.9 Å². The maximum absolute atomic E-state index is 13.0. The van der Waals surface area contributed by atoms with Crippen molar-refractivity contribution in [2.45, 2.75) is 37.8 Å². The van der Waals surface area contributed by atoms with Crippen molar-refractivity contribution >= 4 is 5.91 Å². The summed E-state index contributed by atoms with van der Waals surface area (Å²) in [4.78, 5) is 23.6. The van der Waals surface area contributed by atoms with E-state index in [0.29, 0.717) is 6.42 Å². The Morgan fingerprint density at radius 3 is 3.12 bits per heavy atom. The first kappa shape index (κ1) is 13.8. The zero-order valence-corrected chi connectivity index (χ0v) is 13.1. The van der Waals surface area contributed by atoms with E-state index in [1.807, 2.05) is 24.4 Å². The van der Waals surface area contributed by atoms with E-state index < -0.39 is 0 Å². The van der Waals surface area contributed by atoms with Crippen LogP contribution in [0.25, 0.3) is 0 Å². The summed E-state index contributed by atoms with van der Waals surface area (Å²) in [6.45, 7) is 0.250. The third-order valence-electron chi connectivity index (χ3n) is 5.20. The standard InChI is InChI=1S/C18H17N3O3/c22-18(6-11-1-4-16-17(5-11)24-10-23-16)21-12-2-3-15(21)13-8-19-9-20-14(13)7-12/h1,4-5,8-9,12,15H,2-3,6-7,10H2. The van der Waals surface area contributed by atoms with Crippen molar-refractivity contribution in [3.05, 3.63) is 47.5 Å². The molecule has 0 radical (unpaired) electrons. The Labute approximate surface area is 139 Å². The van der Waals surface area contributed by atoms with Gasteiger partial charge in [-0.3, -0.25) is 4.79 Å². The van der Waals surface area contributed by atoms with Crippen LogP contribution in [-0.4, -0.2) is 33.6 Å². The summed E-state index contributed by atoms with van der Waals surface area (Å²) in [7, 11) is 0. The van der Waals surface area contributed by atoms with Crippen LogP contribution in [0.4, 0.5) is 0 Å². The molecule has 3 aliphatic heterocycles. The van der Waals surface area contributed by atoms with Crippen molar-refractivity contribution in [1.82, 2.24) is 14.9 Å². The van der Waals surface area contributed by atoms with E-state index in [1.165, 1.54) is 0 Å². The molecule has 24 heavy (non-hydrogen) atoms. The molecular formula is C18H17N3O3. The number of nitrogens with zero attached hydrogens (tertiary/aromatic N) is 3. The molecule has 1 saturated heterocycles. The highest BCUT2D eigenvalue weighted by Crippen LogP contribution is 2.43. The molecule has 6 heteroatoms. The molecule has 3 aliphatic rings. The van der Waals surface area contributed by atoms with Gasteiger partial charge < -0.3 is 14.4 Å². The van der Waals surface area contributed by atoms with Crippen LogP contribution in [0.1, 0.15) is 35.7 Å². The van der Waals surface area contributed by atoms with Gasteiger partial charge in [0.2, 0.25) is 12.7 Å². The second kappa shape index (κ2) is 5.19. The summed E-state index contributed by atoms with van der Waals surface area (Å²) in [5.74, 6) is 1.63. The van der Waals surface area contributed by atoms with Crippen LogP contribution in [0, 0.1) is 0 Å². The van der Waals surface area contributed by atoms with Crippen LogP contribution < -0.4 is 9.47 Å². The molecule has 1 aromatic carbocycles. The van der Waals surface area contributed by atoms with Crippen molar-refractivity contribution in [3.63, 3.8) is 0 Å². The van der Waals surface area contributed by atoms with Crippen molar-refractivity contribution in [3.8, 4) is 11.5 Å². The number of carbonyl (C=O) groups is 1. The monoisotopic (exact) mass is 323 g/mol. The number of rotatable bonds is 2. The fourth-order valence-corrected chi connectivity index (χ4v) is 4.12. The van der Waals surface area contributed by atoms with E-state index >= 15 is 0 Å². The van der Waals surface area contributed by atoms with Gasteiger partial charge in [-0.1, -0.05) is 6.07 Å². The molecule has 1 fully saturated rings. The topological polar surface area (TPSA) is 64.6 Å². The first-order chi connectivity index (χ1) is 11.8. The van der Waals surface area contributed by atoms with E-state index in [1.54, 1.807) is 6.33 Å². The van der Waals surface area contributed by atoms with E-state index in [9.17, 15) is 4.79 Å². The van der Waals surface area contributed by atoms with Gasteiger partial charge in [0.15, 0.2) is 11.5 Å². The Morgan fingerprint density at radius 1 is 1.25 bits per heavy atom. The second-order valence-corrected chi connectivity index (χ2v) is 6.54. The average molecular weight is 323 g/mol. The minimum Gasteiger partial charge on any atom is -0.454 e. The number of fused-ring (bicyclic) bond motifs is 5. The van der Waals surface area contributed by atoms with Crippen molar-refractivity contribution in [2.75, 3.05) is 6.79 Å². The number of hydrogen-bond donors (Lipinski definition) is 0. The average Bonchev–Trinajstić information content (AvgIpc) is 3.18. The third-order valence-corrected chi connectivity index (χ3v) is 5.20. The Kier molecular flexibility index (Phi) is 2.98. The minimum atomic E-state index is 0.126. The lowest BCUT2D eigenvalue weighted by molar-refractivity contribution is -0.134. The largest absolute Gasteiger partial charge is 0.454 e. The Balaban J connectivity index is 1.40.